The molecule has 1 aliphatic heterocycles. The van der Waals surface area contributed by atoms with Crippen molar-refractivity contribution in [3.8, 4) is 0 Å². The van der Waals surface area contributed by atoms with Gasteiger partial charge in [-0.05, 0) is 30.0 Å². The van der Waals surface area contributed by atoms with E-state index in [0.717, 1.165) is 12.0 Å². The fourth-order valence-electron chi connectivity index (χ4n) is 2.74. The van der Waals surface area contributed by atoms with Gasteiger partial charge in [-0.3, -0.25) is 0 Å². The lowest BCUT2D eigenvalue weighted by Crippen LogP contribution is -2.29. The van der Waals surface area contributed by atoms with Crippen LogP contribution in [0.1, 0.15) is 17.9 Å². The van der Waals surface area contributed by atoms with Gasteiger partial charge in [0.25, 0.3) is 0 Å². The molecule has 0 spiro atoms. The van der Waals surface area contributed by atoms with E-state index in [4.69, 9.17) is 0 Å². The van der Waals surface area contributed by atoms with Crippen LogP contribution in [0.25, 0.3) is 0 Å². The van der Waals surface area contributed by atoms with Crippen molar-refractivity contribution < 1.29 is 12.8 Å². The fraction of sp³-hybridized carbons (Fsp3) is 0.250. The van der Waals surface area contributed by atoms with Gasteiger partial charge in [-0.25, -0.2) is 12.8 Å². The summed E-state index contributed by atoms with van der Waals surface area (Å²) in [7, 11) is -3.75. The maximum Gasteiger partial charge on any atom is 0.246 e. The molecule has 0 unspecified atom stereocenters. The van der Waals surface area contributed by atoms with Gasteiger partial charge < -0.3 is 0 Å². The van der Waals surface area contributed by atoms with E-state index in [0.29, 0.717) is 13.1 Å². The molecule has 0 saturated carbocycles. The summed E-state index contributed by atoms with van der Waals surface area (Å²) in [6, 6.07) is 15.4. The third-order valence-electron chi connectivity index (χ3n) is 3.88. The van der Waals surface area contributed by atoms with Crippen molar-refractivity contribution in [2.24, 2.45) is 0 Å². The molecule has 5 heteroatoms. The summed E-state index contributed by atoms with van der Waals surface area (Å²) in [4.78, 5) is -0.237. The van der Waals surface area contributed by atoms with Crippen LogP contribution in [0.5, 0.6) is 0 Å². The van der Waals surface area contributed by atoms with Gasteiger partial charge in [0.05, 0.1) is 0 Å². The Morgan fingerprint density at radius 3 is 2.38 bits per heavy atom. The molecule has 3 nitrogen and oxygen atoms in total. The SMILES string of the molecule is O=S(=O)(c1ccccc1F)N1CC[C@@H](c2ccccc2)C1. The number of benzene rings is 2. The Kier molecular flexibility index (Phi) is 3.78. The minimum atomic E-state index is -3.75. The van der Waals surface area contributed by atoms with Crippen LogP contribution >= 0.6 is 0 Å². The van der Waals surface area contributed by atoms with Gasteiger partial charge in [-0.2, -0.15) is 4.31 Å². The summed E-state index contributed by atoms with van der Waals surface area (Å²) in [5, 5.41) is 0. The molecule has 0 aromatic heterocycles. The van der Waals surface area contributed by atoms with E-state index in [9.17, 15) is 12.8 Å². The molecule has 2 aromatic carbocycles. The van der Waals surface area contributed by atoms with E-state index < -0.39 is 15.8 Å². The molecule has 0 radical (unpaired) electrons. The van der Waals surface area contributed by atoms with Crippen molar-refractivity contribution in [1.82, 2.24) is 4.31 Å². The Hall–Kier alpha value is -1.72. The molecular formula is C16H16FNO2S. The van der Waals surface area contributed by atoms with E-state index in [1.54, 1.807) is 6.07 Å². The zero-order valence-corrected chi connectivity index (χ0v) is 12.3. The van der Waals surface area contributed by atoms with E-state index in [2.05, 4.69) is 0 Å². The number of rotatable bonds is 3. The summed E-state index contributed by atoms with van der Waals surface area (Å²) in [5.41, 5.74) is 1.13. The Bertz CT molecular complexity index is 731. The average molecular weight is 305 g/mol. The first-order valence-corrected chi connectivity index (χ1v) is 8.32. The molecule has 3 rings (SSSR count). The number of nitrogens with zero attached hydrogens (tertiary/aromatic N) is 1. The number of halogens is 1. The van der Waals surface area contributed by atoms with Crippen molar-refractivity contribution in [1.29, 1.82) is 0 Å². The quantitative estimate of drug-likeness (QED) is 0.874. The minimum absolute atomic E-state index is 0.174. The molecule has 0 bridgehead atoms. The highest BCUT2D eigenvalue weighted by atomic mass is 32.2. The van der Waals surface area contributed by atoms with Gasteiger partial charge in [0.1, 0.15) is 10.7 Å². The van der Waals surface area contributed by atoms with E-state index in [1.807, 2.05) is 30.3 Å². The summed E-state index contributed by atoms with van der Waals surface area (Å²) in [6.07, 6.45) is 0.762. The van der Waals surface area contributed by atoms with Crippen LogP contribution in [0.3, 0.4) is 0 Å². The normalized spacial score (nSPS) is 19.8. The molecule has 0 aliphatic carbocycles. The minimum Gasteiger partial charge on any atom is -0.207 e. The van der Waals surface area contributed by atoms with Crippen LogP contribution in [0.15, 0.2) is 59.5 Å². The largest absolute Gasteiger partial charge is 0.246 e. The highest BCUT2D eigenvalue weighted by molar-refractivity contribution is 7.89. The lowest BCUT2D eigenvalue weighted by Gasteiger charge is -2.17. The van der Waals surface area contributed by atoms with Crippen LogP contribution in [-0.2, 0) is 10.0 Å². The van der Waals surface area contributed by atoms with Crippen LogP contribution in [-0.4, -0.2) is 25.8 Å². The lowest BCUT2D eigenvalue weighted by atomic mass is 9.99. The zero-order chi connectivity index (χ0) is 14.9. The van der Waals surface area contributed by atoms with Gasteiger partial charge in [0, 0.05) is 13.1 Å². The predicted molar refractivity (Wildman–Crippen MR) is 79.0 cm³/mol. The van der Waals surface area contributed by atoms with Crippen LogP contribution in [0.2, 0.25) is 0 Å². The molecule has 1 saturated heterocycles. The molecule has 21 heavy (non-hydrogen) atoms. The average Bonchev–Trinajstić information content (AvgIpc) is 2.99. The topological polar surface area (TPSA) is 37.4 Å². The highest BCUT2D eigenvalue weighted by Gasteiger charge is 2.34. The maximum atomic E-state index is 13.8. The van der Waals surface area contributed by atoms with Crippen LogP contribution in [0.4, 0.5) is 4.39 Å². The third-order valence-corrected chi connectivity index (χ3v) is 5.77. The first-order chi connectivity index (χ1) is 10.1. The molecular weight excluding hydrogens is 289 g/mol. The molecule has 1 heterocycles. The van der Waals surface area contributed by atoms with Crippen LogP contribution < -0.4 is 0 Å². The third kappa shape index (κ3) is 2.71. The van der Waals surface area contributed by atoms with Crippen molar-refractivity contribution in [2.75, 3.05) is 13.1 Å². The smallest absolute Gasteiger partial charge is 0.207 e. The van der Waals surface area contributed by atoms with Gasteiger partial charge >= 0.3 is 0 Å². The van der Waals surface area contributed by atoms with Gasteiger partial charge in [-0.15, -0.1) is 0 Å². The number of hydrogen-bond donors (Lipinski definition) is 0. The van der Waals surface area contributed by atoms with Crippen molar-refractivity contribution in [3.63, 3.8) is 0 Å². The first kappa shape index (κ1) is 14.2. The highest BCUT2D eigenvalue weighted by Crippen LogP contribution is 2.31. The van der Waals surface area contributed by atoms with Gasteiger partial charge in [0.15, 0.2) is 0 Å². The molecule has 1 atom stereocenters. The first-order valence-electron chi connectivity index (χ1n) is 6.88. The lowest BCUT2D eigenvalue weighted by molar-refractivity contribution is 0.465. The zero-order valence-electron chi connectivity index (χ0n) is 11.4. The standard InChI is InChI=1S/C16H16FNO2S/c17-15-8-4-5-9-16(15)21(19,20)18-11-10-14(12-18)13-6-2-1-3-7-13/h1-9,14H,10-12H2/t14-/m1/s1. The second kappa shape index (κ2) is 5.58. The molecule has 110 valence electrons. The predicted octanol–water partition coefficient (Wildman–Crippen LogP) is 3.00. The van der Waals surface area contributed by atoms with Gasteiger partial charge in [-0.1, -0.05) is 42.5 Å². The van der Waals surface area contributed by atoms with Gasteiger partial charge in [0.2, 0.25) is 10.0 Å². The number of hydrogen-bond acceptors (Lipinski definition) is 2. The number of sulfonamides is 1. The molecule has 2 aromatic rings. The van der Waals surface area contributed by atoms with E-state index in [-0.39, 0.29) is 10.8 Å². The Balaban J connectivity index is 1.85. The van der Waals surface area contributed by atoms with Crippen molar-refractivity contribution in [3.05, 3.63) is 66.0 Å². The summed E-state index contributed by atoms with van der Waals surface area (Å²) in [6.45, 7) is 0.830. The monoisotopic (exact) mass is 305 g/mol. The van der Waals surface area contributed by atoms with Crippen LogP contribution in [0, 0.1) is 5.82 Å². The summed E-state index contributed by atoms with van der Waals surface area (Å²) >= 11 is 0. The fourth-order valence-corrected chi connectivity index (χ4v) is 4.30. The van der Waals surface area contributed by atoms with Crippen molar-refractivity contribution >= 4 is 10.0 Å². The second-order valence-electron chi connectivity index (χ2n) is 5.19. The van der Waals surface area contributed by atoms with E-state index >= 15 is 0 Å². The molecule has 0 amide bonds. The Labute approximate surface area is 124 Å². The molecule has 1 aliphatic rings. The maximum absolute atomic E-state index is 13.8. The van der Waals surface area contributed by atoms with E-state index in [1.165, 1.54) is 22.5 Å². The Morgan fingerprint density at radius 2 is 1.67 bits per heavy atom. The Morgan fingerprint density at radius 1 is 1.00 bits per heavy atom. The second-order valence-corrected chi connectivity index (χ2v) is 7.10. The summed E-state index contributed by atoms with van der Waals surface area (Å²) < 4.78 is 40.2. The summed E-state index contributed by atoms with van der Waals surface area (Å²) in [5.74, 6) is -0.520. The van der Waals surface area contributed by atoms with Crippen molar-refractivity contribution in [2.45, 2.75) is 17.2 Å². The molecule has 1 fully saturated rings. The molecule has 0 N–H and O–H groups in total.